The number of rotatable bonds is 6. The lowest BCUT2D eigenvalue weighted by Crippen LogP contribution is -2.44. The van der Waals surface area contributed by atoms with Gasteiger partial charge < -0.3 is 4.74 Å². The van der Waals surface area contributed by atoms with Crippen LogP contribution in [0.5, 0.6) is 0 Å². The molecule has 0 aromatic heterocycles. The first kappa shape index (κ1) is 12.0. The summed E-state index contributed by atoms with van der Waals surface area (Å²) in [5, 5.41) is 0. The first-order valence-electron chi connectivity index (χ1n) is 4.53. The Morgan fingerprint density at radius 1 is 1.62 bits per heavy atom. The van der Waals surface area contributed by atoms with Crippen LogP contribution in [0.15, 0.2) is 12.7 Å². The van der Waals surface area contributed by atoms with E-state index in [0.29, 0.717) is 6.61 Å². The van der Waals surface area contributed by atoms with Crippen LogP contribution in [-0.2, 0) is 4.74 Å². The van der Waals surface area contributed by atoms with Crippen LogP contribution in [0.4, 0.5) is 4.79 Å². The number of hydrazine groups is 1. The van der Waals surface area contributed by atoms with Crippen molar-refractivity contribution in [3.05, 3.63) is 12.7 Å². The van der Waals surface area contributed by atoms with Crippen LogP contribution in [-0.4, -0.2) is 18.7 Å². The number of hydrogen-bond donors (Lipinski definition) is 2. The maximum atomic E-state index is 10.8. The minimum absolute atomic E-state index is 0.224. The van der Waals surface area contributed by atoms with Gasteiger partial charge in [0.05, 0.1) is 6.61 Å². The Morgan fingerprint density at radius 2 is 2.31 bits per heavy atom. The van der Waals surface area contributed by atoms with Crippen LogP contribution >= 0.6 is 0 Å². The van der Waals surface area contributed by atoms with Gasteiger partial charge in [0.2, 0.25) is 0 Å². The van der Waals surface area contributed by atoms with Gasteiger partial charge in [-0.05, 0) is 19.8 Å². The van der Waals surface area contributed by atoms with Crippen molar-refractivity contribution in [1.82, 2.24) is 10.9 Å². The van der Waals surface area contributed by atoms with E-state index in [2.05, 4.69) is 22.2 Å². The molecule has 0 aromatic carbocycles. The van der Waals surface area contributed by atoms with Crippen LogP contribution in [0.3, 0.4) is 0 Å². The molecule has 0 aliphatic rings. The highest BCUT2D eigenvalue weighted by Gasteiger charge is 2.05. The summed E-state index contributed by atoms with van der Waals surface area (Å²) < 4.78 is 4.68. The molecule has 2 N–H and O–H groups in total. The van der Waals surface area contributed by atoms with Gasteiger partial charge in [-0.25, -0.2) is 10.2 Å². The molecule has 0 aromatic rings. The van der Waals surface area contributed by atoms with Crippen molar-refractivity contribution in [2.45, 2.75) is 32.7 Å². The van der Waals surface area contributed by atoms with Gasteiger partial charge in [-0.2, -0.15) is 0 Å². The van der Waals surface area contributed by atoms with E-state index >= 15 is 0 Å². The lowest BCUT2D eigenvalue weighted by Gasteiger charge is -2.15. The molecule has 1 atom stereocenters. The van der Waals surface area contributed by atoms with Crippen molar-refractivity contribution in [1.29, 1.82) is 0 Å². The molecule has 0 spiro atoms. The minimum Gasteiger partial charge on any atom is -0.449 e. The molecule has 0 saturated heterocycles. The van der Waals surface area contributed by atoms with Crippen LogP contribution in [0.1, 0.15) is 26.7 Å². The predicted octanol–water partition coefficient (Wildman–Crippen LogP) is 1.59. The molecule has 4 heteroatoms. The minimum atomic E-state index is -0.440. The van der Waals surface area contributed by atoms with Crippen LogP contribution < -0.4 is 10.9 Å². The molecule has 0 heterocycles. The van der Waals surface area contributed by atoms with Gasteiger partial charge in [0.25, 0.3) is 0 Å². The molecule has 0 aliphatic carbocycles. The molecule has 0 aliphatic heterocycles. The number of nitrogens with one attached hydrogen (secondary N) is 2. The highest BCUT2D eigenvalue weighted by molar-refractivity contribution is 5.66. The van der Waals surface area contributed by atoms with Crippen molar-refractivity contribution in [2.75, 3.05) is 6.61 Å². The van der Waals surface area contributed by atoms with E-state index in [0.717, 1.165) is 12.8 Å². The molecule has 4 nitrogen and oxygen atoms in total. The first-order chi connectivity index (χ1) is 6.24. The van der Waals surface area contributed by atoms with E-state index in [1.54, 1.807) is 6.92 Å². The van der Waals surface area contributed by atoms with Gasteiger partial charge in [0.1, 0.15) is 0 Å². The highest BCUT2D eigenvalue weighted by Crippen LogP contribution is 1.95. The lowest BCUT2D eigenvalue weighted by atomic mass is 10.2. The van der Waals surface area contributed by atoms with Crippen LogP contribution in [0.2, 0.25) is 0 Å². The van der Waals surface area contributed by atoms with Crippen molar-refractivity contribution in [3.8, 4) is 0 Å². The second-order valence-corrected chi connectivity index (χ2v) is 2.62. The normalized spacial score (nSPS) is 11.8. The van der Waals surface area contributed by atoms with Gasteiger partial charge in [0.15, 0.2) is 0 Å². The third-order valence-electron chi connectivity index (χ3n) is 1.60. The van der Waals surface area contributed by atoms with E-state index in [9.17, 15) is 4.79 Å². The van der Waals surface area contributed by atoms with Gasteiger partial charge >= 0.3 is 6.09 Å². The summed E-state index contributed by atoms with van der Waals surface area (Å²) in [5.74, 6) is 0. The van der Waals surface area contributed by atoms with Gasteiger partial charge in [-0.1, -0.05) is 13.0 Å². The highest BCUT2D eigenvalue weighted by atomic mass is 16.5. The molecular weight excluding hydrogens is 168 g/mol. The van der Waals surface area contributed by atoms with Crippen molar-refractivity contribution in [2.24, 2.45) is 0 Å². The van der Waals surface area contributed by atoms with E-state index in [1.165, 1.54) is 0 Å². The van der Waals surface area contributed by atoms with Gasteiger partial charge in [-0.3, -0.25) is 5.43 Å². The zero-order chi connectivity index (χ0) is 10.1. The fraction of sp³-hybridized carbons (Fsp3) is 0.667. The van der Waals surface area contributed by atoms with Gasteiger partial charge in [-0.15, -0.1) is 6.58 Å². The molecule has 1 unspecified atom stereocenters. The molecule has 0 radical (unpaired) electrons. The molecule has 0 fully saturated rings. The Hall–Kier alpha value is -1.03. The van der Waals surface area contributed by atoms with E-state index in [4.69, 9.17) is 0 Å². The maximum Gasteiger partial charge on any atom is 0.421 e. The summed E-state index contributed by atoms with van der Waals surface area (Å²) in [7, 11) is 0. The second-order valence-electron chi connectivity index (χ2n) is 2.62. The molecule has 0 bridgehead atoms. The average Bonchev–Trinajstić information content (AvgIpc) is 2.12. The maximum absolute atomic E-state index is 10.8. The number of ether oxygens (including phenoxy) is 1. The number of carbonyl (C=O) groups is 1. The van der Waals surface area contributed by atoms with Crippen LogP contribution in [0, 0.1) is 0 Å². The second kappa shape index (κ2) is 7.61. The molecule has 0 rings (SSSR count). The van der Waals surface area contributed by atoms with Gasteiger partial charge in [0, 0.05) is 6.04 Å². The van der Waals surface area contributed by atoms with E-state index in [-0.39, 0.29) is 6.04 Å². The number of carbonyl (C=O) groups excluding carboxylic acids is 1. The SMILES string of the molecule is C=CCC(CC)NNC(=O)OCC. The quantitative estimate of drug-likeness (QED) is 0.489. The summed E-state index contributed by atoms with van der Waals surface area (Å²) in [4.78, 5) is 10.8. The molecule has 76 valence electrons. The standard InChI is InChI=1S/C9H18N2O2/c1-4-7-8(5-2)10-11-9(12)13-6-3/h4,8,10H,1,5-7H2,2-3H3,(H,11,12). The Kier molecular flexibility index (Phi) is 7.01. The largest absolute Gasteiger partial charge is 0.449 e. The van der Waals surface area contributed by atoms with E-state index < -0.39 is 6.09 Å². The smallest absolute Gasteiger partial charge is 0.421 e. The zero-order valence-electron chi connectivity index (χ0n) is 8.30. The number of hydrogen-bond acceptors (Lipinski definition) is 3. The average molecular weight is 186 g/mol. The topological polar surface area (TPSA) is 50.4 Å². The third kappa shape index (κ3) is 6.16. The molecule has 13 heavy (non-hydrogen) atoms. The Labute approximate surface area is 79.3 Å². The summed E-state index contributed by atoms with van der Waals surface area (Å²) in [5.41, 5.74) is 5.32. The fourth-order valence-electron chi connectivity index (χ4n) is 0.857. The molecular formula is C9H18N2O2. The van der Waals surface area contributed by atoms with Crippen molar-refractivity contribution < 1.29 is 9.53 Å². The molecule has 1 amide bonds. The molecule has 0 saturated carbocycles. The Bertz CT molecular complexity index is 160. The summed E-state index contributed by atoms with van der Waals surface area (Å²) >= 11 is 0. The lowest BCUT2D eigenvalue weighted by molar-refractivity contribution is 0.144. The number of amides is 1. The Balaban J connectivity index is 3.58. The van der Waals surface area contributed by atoms with Crippen molar-refractivity contribution >= 4 is 6.09 Å². The summed E-state index contributed by atoms with van der Waals surface area (Å²) in [6, 6.07) is 0.224. The monoisotopic (exact) mass is 186 g/mol. The van der Waals surface area contributed by atoms with E-state index in [1.807, 2.05) is 13.0 Å². The first-order valence-corrected chi connectivity index (χ1v) is 4.53. The predicted molar refractivity (Wildman–Crippen MR) is 52.2 cm³/mol. The van der Waals surface area contributed by atoms with Crippen molar-refractivity contribution in [3.63, 3.8) is 0 Å². The summed E-state index contributed by atoms with van der Waals surface area (Å²) in [6.45, 7) is 7.81. The van der Waals surface area contributed by atoms with Crippen LogP contribution in [0.25, 0.3) is 0 Å². The third-order valence-corrected chi connectivity index (χ3v) is 1.60. The summed E-state index contributed by atoms with van der Waals surface area (Å²) in [6.07, 6.45) is 3.13. The zero-order valence-corrected chi connectivity index (χ0v) is 8.30. The fourth-order valence-corrected chi connectivity index (χ4v) is 0.857. The Morgan fingerprint density at radius 3 is 2.77 bits per heavy atom.